The van der Waals surface area contributed by atoms with E-state index in [0.29, 0.717) is 28.7 Å². The normalized spacial score (nSPS) is 10.5. The Morgan fingerprint density at radius 1 is 0.548 bits per heavy atom. The van der Waals surface area contributed by atoms with Crippen LogP contribution in [-0.2, 0) is 9.59 Å². The van der Waals surface area contributed by atoms with Crippen molar-refractivity contribution in [1.29, 1.82) is 0 Å². The minimum atomic E-state index is -0.258. The number of halogens is 2. The van der Waals surface area contributed by atoms with Crippen molar-refractivity contribution in [3.63, 3.8) is 0 Å². The highest BCUT2D eigenvalue weighted by atomic mass is 79.9. The van der Waals surface area contributed by atoms with E-state index in [9.17, 15) is 9.59 Å². The van der Waals surface area contributed by atoms with Crippen molar-refractivity contribution in [3.05, 3.63) is 118 Å². The Kier molecular flexibility index (Phi) is 9.58. The van der Waals surface area contributed by atoms with Gasteiger partial charge in [-0.1, -0.05) is 44.0 Å². The third kappa shape index (κ3) is 8.25. The molecule has 0 radical (unpaired) electrons. The largest absolute Gasteiger partial charge is 0.484 e. The number of hydrogen-bond donors (Lipinski definition) is 2. The van der Waals surface area contributed by atoms with Gasteiger partial charge in [-0.3, -0.25) is 9.59 Å². The molecule has 210 valence electrons. The fraction of sp³-hybridized carbons (Fsp3) is 0.0625. The van der Waals surface area contributed by atoms with E-state index in [2.05, 4.69) is 52.5 Å². The van der Waals surface area contributed by atoms with E-state index < -0.39 is 0 Å². The summed E-state index contributed by atoms with van der Waals surface area (Å²) in [6, 6.07) is 29.3. The van der Waals surface area contributed by atoms with E-state index in [4.69, 9.17) is 9.47 Å². The molecule has 0 saturated carbocycles. The van der Waals surface area contributed by atoms with Gasteiger partial charge in [0.2, 0.25) is 0 Å². The van der Waals surface area contributed by atoms with Crippen LogP contribution in [-0.4, -0.2) is 35.0 Å². The van der Waals surface area contributed by atoms with Crippen molar-refractivity contribution in [1.82, 2.24) is 9.97 Å². The monoisotopic (exact) mass is 686 g/mol. The van der Waals surface area contributed by atoms with Crippen LogP contribution in [0.15, 0.2) is 118 Å². The molecule has 2 amide bonds. The SMILES string of the molecule is O=C(COc1ccc(Br)cc1)Nc1ccc(-c2cnc(-c3ccc(NC(=O)COc4ccc(Br)cc4)cc3)nc2)cc1. The van der Waals surface area contributed by atoms with E-state index in [1.807, 2.05) is 60.7 Å². The summed E-state index contributed by atoms with van der Waals surface area (Å²) >= 11 is 6.73. The topological polar surface area (TPSA) is 102 Å². The van der Waals surface area contributed by atoms with Gasteiger partial charge in [0.15, 0.2) is 19.0 Å². The van der Waals surface area contributed by atoms with E-state index in [1.54, 1.807) is 48.8 Å². The van der Waals surface area contributed by atoms with Crippen molar-refractivity contribution in [2.75, 3.05) is 23.8 Å². The Hall–Kier alpha value is -4.54. The summed E-state index contributed by atoms with van der Waals surface area (Å²) in [4.78, 5) is 33.5. The highest BCUT2D eigenvalue weighted by Crippen LogP contribution is 2.24. The highest BCUT2D eigenvalue weighted by molar-refractivity contribution is 9.10. The van der Waals surface area contributed by atoms with Crippen LogP contribution in [0.2, 0.25) is 0 Å². The number of ether oxygens (including phenoxy) is 2. The first-order valence-electron chi connectivity index (χ1n) is 12.8. The number of aromatic nitrogens is 2. The van der Waals surface area contributed by atoms with Crippen LogP contribution in [0.4, 0.5) is 11.4 Å². The Morgan fingerprint density at radius 2 is 0.952 bits per heavy atom. The predicted molar refractivity (Wildman–Crippen MR) is 169 cm³/mol. The van der Waals surface area contributed by atoms with Gasteiger partial charge in [0.05, 0.1) is 0 Å². The van der Waals surface area contributed by atoms with Crippen LogP contribution >= 0.6 is 31.9 Å². The fourth-order valence-electron chi connectivity index (χ4n) is 3.83. The number of rotatable bonds is 10. The maximum atomic E-state index is 12.3. The van der Waals surface area contributed by atoms with Crippen molar-refractivity contribution >= 4 is 55.0 Å². The highest BCUT2D eigenvalue weighted by Gasteiger charge is 2.08. The first-order chi connectivity index (χ1) is 20.4. The second-order valence-corrected chi connectivity index (χ2v) is 10.9. The molecular formula is C32H24Br2N4O4. The first kappa shape index (κ1) is 29.0. The molecule has 0 aliphatic rings. The number of carbonyl (C=O) groups is 2. The zero-order valence-electron chi connectivity index (χ0n) is 22.1. The van der Waals surface area contributed by atoms with Crippen molar-refractivity contribution in [2.24, 2.45) is 0 Å². The quantitative estimate of drug-likeness (QED) is 0.159. The van der Waals surface area contributed by atoms with Crippen molar-refractivity contribution in [3.8, 4) is 34.0 Å². The lowest BCUT2D eigenvalue weighted by Gasteiger charge is -2.09. The number of carbonyl (C=O) groups excluding carboxylic acids is 2. The average Bonchev–Trinajstić information content (AvgIpc) is 3.01. The number of hydrogen-bond acceptors (Lipinski definition) is 6. The molecular weight excluding hydrogens is 664 g/mol. The summed E-state index contributed by atoms with van der Waals surface area (Å²) in [5, 5.41) is 5.64. The van der Waals surface area contributed by atoms with Crippen LogP contribution in [0.3, 0.4) is 0 Å². The van der Waals surface area contributed by atoms with E-state index >= 15 is 0 Å². The number of nitrogens with one attached hydrogen (secondary N) is 2. The van der Waals surface area contributed by atoms with Gasteiger partial charge >= 0.3 is 0 Å². The molecule has 0 fully saturated rings. The predicted octanol–water partition coefficient (Wildman–Crippen LogP) is 7.37. The minimum absolute atomic E-state index is 0.0901. The van der Waals surface area contributed by atoms with E-state index in [0.717, 1.165) is 25.6 Å². The van der Waals surface area contributed by atoms with Crippen LogP contribution in [0, 0.1) is 0 Å². The molecule has 1 aromatic heterocycles. The maximum absolute atomic E-state index is 12.3. The molecule has 42 heavy (non-hydrogen) atoms. The van der Waals surface area contributed by atoms with Gasteiger partial charge in [0, 0.05) is 43.8 Å². The molecule has 1 heterocycles. The molecule has 0 atom stereocenters. The van der Waals surface area contributed by atoms with Gasteiger partial charge in [-0.05, 0) is 90.5 Å². The summed E-state index contributed by atoms with van der Waals surface area (Å²) in [5.41, 5.74) is 3.87. The summed E-state index contributed by atoms with van der Waals surface area (Å²) in [6.45, 7) is -0.185. The van der Waals surface area contributed by atoms with E-state index in [1.165, 1.54) is 0 Å². The molecule has 0 aliphatic carbocycles. The van der Waals surface area contributed by atoms with E-state index in [-0.39, 0.29) is 25.0 Å². The molecule has 5 aromatic rings. The van der Waals surface area contributed by atoms with Gasteiger partial charge in [-0.25, -0.2) is 9.97 Å². The van der Waals surface area contributed by atoms with Gasteiger partial charge < -0.3 is 20.1 Å². The van der Waals surface area contributed by atoms with Gasteiger partial charge in [0.25, 0.3) is 11.8 Å². The summed E-state index contributed by atoms with van der Waals surface area (Å²) in [6.07, 6.45) is 3.49. The Balaban J connectivity index is 1.11. The first-order valence-corrected chi connectivity index (χ1v) is 14.4. The lowest BCUT2D eigenvalue weighted by molar-refractivity contribution is -0.118. The third-order valence-corrected chi connectivity index (χ3v) is 7.01. The lowest BCUT2D eigenvalue weighted by Crippen LogP contribution is -2.20. The summed E-state index contributed by atoms with van der Waals surface area (Å²) in [7, 11) is 0. The number of anilines is 2. The molecule has 8 nitrogen and oxygen atoms in total. The fourth-order valence-corrected chi connectivity index (χ4v) is 4.36. The standard InChI is InChI=1S/C32H24Br2N4O4/c33-24-5-13-28(14-6-24)41-19-30(39)37-26-9-1-21(2-10-26)23-17-35-32(36-18-23)22-3-11-27(12-4-22)38-31(40)20-42-29-15-7-25(34)8-16-29/h1-18H,19-20H2,(H,37,39)(H,38,40). The molecule has 10 heteroatoms. The minimum Gasteiger partial charge on any atom is -0.484 e. The lowest BCUT2D eigenvalue weighted by atomic mass is 10.1. The maximum Gasteiger partial charge on any atom is 0.262 e. The molecule has 0 aliphatic heterocycles. The van der Waals surface area contributed by atoms with Crippen molar-refractivity contribution in [2.45, 2.75) is 0 Å². The second kappa shape index (κ2) is 13.9. The Labute approximate surface area is 259 Å². The number of benzene rings is 4. The van der Waals surface area contributed by atoms with Crippen LogP contribution in [0.25, 0.3) is 22.5 Å². The Morgan fingerprint density at radius 3 is 1.38 bits per heavy atom. The number of nitrogens with zero attached hydrogens (tertiary/aromatic N) is 2. The van der Waals surface area contributed by atoms with Crippen LogP contribution in [0.5, 0.6) is 11.5 Å². The van der Waals surface area contributed by atoms with Gasteiger partial charge in [0.1, 0.15) is 11.5 Å². The smallest absolute Gasteiger partial charge is 0.262 e. The Bertz CT molecular complexity index is 1520. The van der Waals surface area contributed by atoms with Crippen molar-refractivity contribution < 1.29 is 19.1 Å². The molecule has 0 saturated heterocycles. The molecule has 4 aromatic carbocycles. The third-order valence-electron chi connectivity index (χ3n) is 5.95. The molecule has 0 unspecified atom stereocenters. The second-order valence-electron chi connectivity index (χ2n) is 9.03. The zero-order chi connectivity index (χ0) is 29.3. The summed E-state index contributed by atoms with van der Waals surface area (Å²) in [5.74, 6) is 1.28. The average molecular weight is 688 g/mol. The van der Waals surface area contributed by atoms with Crippen LogP contribution in [0.1, 0.15) is 0 Å². The molecule has 0 spiro atoms. The van der Waals surface area contributed by atoms with Gasteiger partial charge in [-0.15, -0.1) is 0 Å². The van der Waals surface area contributed by atoms with Gasteiger partial charge in [-0.2, -0.15) is 0 Å². The number of amides is 2. The van der Waals surface area contributed by atoms with Crippen LogP contribution < -0.4 is 20.1 Å². The molecule has 5 rings (SSSR count). The molecule has 2 N–H and O–H groups in total. The zero-order valence-corrected chi connectivity index (χ0v) is 25.3. The summed E-state index contributed by atoms with van der Waals surface area (Å²) < 4.78 is 12.9. The molecule has 0 bridgehead atoms.